The molecule has 0 atom stereocenters. The van der Waals surface area contributed by atoms with E-state index in [1.165, 1.54) is 16.7 Å². The van der Waals surface area contributed by atoms with Crippen LogP contribution >= 0.6 is 0 Å². The van der Waals surface area contributed by atoms with Gasteiger partial charge in [-0.05, 0) is 76.2 Å². The first kappa shape index (κ1) is 18.2. The van der Waals surface area contributed by atoms with Crippen LogP contribution in [0.15, 0.2) is 18.2 Å². The van der Waals surface area contributed by atoms with Gasteiger partial charge in [0, 0.05) is 12.6 Å². The summed E-state index contributed by atoms with van der Waals surface area (Å²) in [5.74, 6) is 0.0217. The first-order chi connectivity index (χ1) is 13.0. The molecule has 6 heteroatoms. The highest BCUT2D eigenvalue weighted by Gasteiger charge is 2.35. The molecule has 2 heterocycles. The second-order valence-electron chi connectivity index (χ2n) is 8.03. The molecule has 2 aliphatic rings. The number of carbonyl (C=O) groups excluding carboxylic acids is 1. The van der Waals surface area contributed by atoms with Crippen molar-refractivity contribution >= 4 is 5.91 Å². The van der Waals surface area contributed by atoms with Gasteiger partial charge in [-0.2, -0.15) is 0 Å². The molecule has 1 amide bonds. The molecule has 4 rings (SSSR count). The lowest BCUT2D eigenvalue weighted by atomic mass is 10.1. The van der Waals surface area contributed by atoms with Gasteiger partial charge in [0.25, 0.3) is 5.91 Å². The van der Waals surface area contributed by atoms with Crippen LogP contribution in [0.2, 0.25) is 0 Å². The van der Waals surface area contributed by atoms with Gasteiger partial charge in [0.15, 0.2) is 5.69 Å². The van der Waals surface area contributed by atoms with Crippen molar-refractivity contribution in [2.75, 3.05) is 13.1 Å². The molecule has 2 fully saturated rings. The highest BCUT2D eigenvalue weighted by Crippen LogP contribution is 2.31. The number of nitrogens with one attached hydrogen (secondary N) is 1. The number of amides is 1. The van der Waals surface area contributed by atoms with Gasteiger partial charge in [0.1, 0.15) is 0 Å². The summed E-state index contributed by atoms with van der Waals surface area (Å²) < 4.78 is 1.97. The van der Waals surface area contributed by atoms with E-state index in [4.69, 9.17) is 0 Å². The quantitative estimate of drug-likeness (QED) is 0.883. The lowest BCUT2D eigenvalue weighted by Crippen LogP contribution is -2.33. The van der Waals surface area contributed by atoms with E-state index < -0.39 is 0 Å². The van der Waals surface area contributed by atoms with Gasteiger partial charge in [0.05, 0.1) is 11.7 Å². The summed E-state index contributed by atoms with van der Waals surface area (Å²) >= 11 is 0. The average molecular weight is 367 g/mol. The van der Waals surface area contributed by atoms with E-state index in [0.29, 0.717) is 24.3 Å². The lowest BCUT2D eigenvalue weighted by Gasteiger charge is -2.24. The fourth-order valence-electron chi connectivity index (χ4n) is 3.92. The monoisotopic (exact) mass is 367 g/mol. The molecule has 0 spiro atoms. The van der Waals surface area contributed by atoms with Crippen LogP contribution in [0.1, 0.15) is 64.6 Å². The van der Waals surface area contributed by atoms with Gasteiger partial charge in [-0.15, -0.1) is 5.10 Å². The zero-order valence-corrected chi connectivity index (χ0v) is 16.5. The Morgan fingerprint density at radius 1 is 1.15 bits per heavy atom. The van der Waals surface area contributed by atoms with Crippen LogP contribution in [0, 0.1) is 20.8 Å². The minimum atomic E-state index is 0.0217. The average Bonchev–Trinajstić information content (AvgIpc) is 3.44. The minimum Gasteiger partial charge on any atom is -0.330 e. The Bertz CT molecular complexity index is 833. The molecule has 6 nitrogen and oxygen atoms in total. The van der Waals surface area contributed by atoms with Crippen LogP contribution < -0.4 is 5.32 Å². The fraction of sp³-hybridized carbons (Fsp3) is 0.571. The maximum absolute atomic E-state index is 13.3. The third-order valence-electron chi connectivity index (χ3n) is 5.96. The maximum Gasteiger partial charge on any atom is 0.276 e. The number of benzene rings is 1. The Hall–Kier alpha value is -2.21. The van der Waals surface area contributed by atoms with Gasteiger partial charge in [-0.3, -0.25) is 4.79 Å². The molecule has 0 bridgehead atoms. The van der Waals surface area contributed by atoms with Gasteiger partial charge < -0.3 is 10.2 Å². The Morgan fingerprint density at radius 3 is 2.56 bits per heavy atom. The van der Waals surface area contributed by atoms with E-state index in [1.54, 1.807) is 0 Å². The van der Waals surface area contributed by atoms with Crippen molar-refractivity contribution in [1.82, 2.24) is 25.2 Å². The van der Waals surface area contributed by atoms with E-state index in [-0.39, 0.29) is 5.91 Å². The van der Waals surface area contributed by atoms with Crippen LogP contribution in [-0.2, 0) is 6.54 Å². The molecule has 0 unspecified atom stereocenters. The first-order valence-corrected chi connectivity index (χ1v) is 10.0. The van der Waals surface area contributed by atoms with Gasteiger partial charge >= 0.3 is 0 Å². The Labute approximate surface area is 160 Å². The van der Waals surface area contributed by atoms with Crippen molar-refractivity contribution in [1.29, 1.82) is 0 Å². The van der Waals surface area contributed by atoms with E-state index in [9.17, 15) is 4.79 Å². The molecular weight excluding hydrogens is 338 g/mol. The number of carbonyl (C=O) groups is 1. The van der Waals surface area contributed by atoms with Crippen molar-refractivity contribution in [2.24, 2.45) is 0 Å². The van der Waals surface area contributed by atoms with E-state index in [2.05, 4.69) is 47.7 Å². The third-order valence-corrected chi connectivity index (χ3v) is 5.96. The van der Waals surface area contributed by atoms with Crippen molar-refractivity contribution < 1.29 is 4.79 Å². The van der Waals surface area contributed by atoms with Crippen molar-refractivity contribution in [3.05, 3.63) is 46.3 Å². The molecule has 2 aromatic rings. The molecule has 1 N–H and O–H groups in total. The highest BCUT2D eigenvalue weighted by molar-refractivity contribution is 5.93. The molecule has 1 aromatic heterocycles. The number of aromatic nitrogens is 3. The Kier molecular flexibility index (Phi) is 5.00. The molecule has 1 aromatic carbocycles. The summed E-state index contributed by atoms with van der Waals surface area (Å²) in [6, 6.07) is 7.14. The summed E-state index contributed by atoms with van der Waals surface area (Å²) in [7, 11) is 0. The molecule has 1 saturated carbocycles. The van der Waals surface area contributed by atoms with Gasteiger partial charge in [-0.1, -0.05) is 23.4 Å². The van der Waals surface area contributed by atoms with Gasteiger partial charge in [0.2, 0.25) is 0 Å². The number of hydrogen-bond donors (Lipinski definition) is 1. The second-order valence-corrected chi connectivity index (χ2v) is 8.03. The summed E-state index contributed by atoms with van der Waals surface area (Å²) in [6.45, 7) is 8.85. The molecule has 1 aliphatic carbocycles. The van der Waals surface area contributed by atoms with Crippen LogP contribution in [0.5, 0.6) is 0 Å². The standard InChI is InChI=1S/C21H29N5O/c1-14-4-5-17(12-15(14)2)13-25(18-6-7-18)21(27)20-16(3)26(24-23-20)19-8-10-22-11-9-19/h4-5,12,18-19,22H,6-11,13H2,1-3H3. The maximum atomic E-state index is 13.3. The van der Waals surface area contributed by atoms with E-state index in [0.717, 1.165) is 44.5 Å². The van der Waals surface area contributed by atoms with Crippen molar-refractivity contribution in [3.63, 3.8) is 0 Å². The number of hydrogen-bond acceptors (Lipinski definition) is 4. The zero-order valence-electron chi connectivity index (χ0n) is 16.5. The smallest absolute Gasteiger partial charge is 0.276 e. The largest absolute Gasteiger partial charge is 0.330 e. The molecule has 1 aliphatic heterocycles. The second kappa shape index (κ2) is 7.43. The van der Waals surface area contributed by atoms with Gasteiger partial charge in [-0.25, -0.2) is 4.68 Å². The minimum absolute atomic E-state index is 0.0217. The van der Waals surface area contributed by atoms with E-state index in [1.807, 2.05) is 16.5 Å². The van der Waals surface area contributed by atoms with Crippen LogP contribution in [0.25, 0.3) is 0 Å². The topological polar surface area (TPSA) is 63.1 Å². The van der Waals surface area contributed by atoms with Crippen molar-refractivity contribution in [3.8, 4) is 0 Å². The summed E-state index contributed by atoms with van der Waals surface area (Å²) in [5.41, 5.74) is 5.15. The molecule has 27 heavy (non-hydrogen) atoms. The SMILES string of the molecule is Cc1ccc(CN(C(=O)c2nnn(C3CCNCC3)c2C)C2CC2)cc1C. The first-order valence-electron chi connectivity index (χ1n) is 10.0. The zero-order chi connectivity index (χ0) is 19.0. The highest BCUT2D eigenvalue weighted by atomic mass is 16.2. The van der Waals surface area contributed by atoms with Crippen molar-refractivity contribution in [2.45, 2.75) is 65.1 Å². The predicted octanol–water partition coefficient (Wildman–Crippen LogP) is 2.93. The van der Waals surface area contributed by atoms with Crippen LogP contribution in [0.4, 0.5) is 0 Å². The van der Waals surface area contributed by atoms with Crippen LogP contribution in [-0.4, -0.2) is 44.9 Å². The number of piperidine rings is 1. The lowest BCUT2D eigenvalue weighted by molar-refractivity contribution is 0.0723. The normalized spacial score (nSPS) is 17.9. The molecule has 0 radical (unpaired) electrons. The predicted molar refractivity (Wildman–Crippen MR) is 105 cm³/mol. The number of aryl methyl sites for hydroxylation is 2. The number of rotatable bonds is 5. The summed E-state index contributed by atoms with van der Waals surface area (Å²) in [4.78, 5) is 15.3. The van der Waals surface area contributed by atoms with Crippen LogP contribution in [0.3, 0.4) is 0 Å². The summed E-state index contributed by atoms with van der Waals surface area (Å²) in [6.07, 6.45) is 4.23. The molecule has 144 valence electrons. The fourth-order valence-corrected chi connectivity index (χ4v) is 3.92. The number of nitrogens with zero attached hydrogens (tertiary/aromatic N) is 4. The third kappa shape index (κ3) is 3.76. The Balaban J connectivity index is 1.55. The molecular formula is C21H29N5O. The van der Waals surface area contributed by atoms with E-state index >= 15 is 0 Å². The Morgan fingerprint density at radius 2 is 1.89 bits per heavy atom. The summed E-state index contributed by atoms with van der Waals surface area (Å²) in [5, 5.41) is 12.0. The molecule has 1 saturated heterocycles.